The van der Waals surface area contributed by atoms with Crippen LogP contribution in [-0.2, 0) is 33.3 Å². The Morgan fingerprint density at radius 3 is 0.674 bits per heavy atom. The molecule has 9 nitrogen and oxygen atoms in total. The van der Waals surface area contributed by atoms with Crippen molar-refractivity contribution in [1.82, 2.24) is 0 Å². The first-order chi connectivity index (χ1) is 46.6. The van der Waals surface area contributed by atoms with Gasteiger partial charge in [-0.05, 0) is 12.8 Å². The van der Waals surface area contributed by atoms with Crippen molar-refractivity contribution in [3.63, 3.8) is 0 Å². The maximum Gasteiger partial charge on any atom is 0.361 e. The topological polar surface area (TPSA) is 108 Å². The minimum Gasteiger partial charge on any atom is -0.477 e. The number of carboxylic acids is 1. The number of carboxylic acid groups (broad SMARTS) is 1. The van der Waals surface area contributed by atoms with Gasteiger partial charge in [0.25, 0.3) is 6.29 Å². The maximum absolute atomic E-state index is 13.0. The minimum absolute atomic E-state index is 0.171. The van der Waals surface area contributed by atoms with Crippen LogP contribution >= 0.6 is 0 Å². The molecule has 566 valence electrons. The first kappa shape index (κ1) is 93.3. The van der Waals surface area contributed by atoms with E-state index in [1.165, 1.54) is 411 Å². The third kappa shape index (κ3) is 79.5. The van der Waals surface area contributed by atoms with E-state index < -0.39 is 18.4 Å². The molecule has 9 heteroatoms. The summed E-state index contributed by atoms with van der Waals surface area (Å²) in [5, 5.41) is 9.78. The van der Waals surface area contributed by atoms with Gasteiger partial charge in [-0.15, -0.1) is 0 Å². The van der Waals surface area contributed by atoms with Crippen molar-refractivity contribution in [2.24, 2.45) is 0 Å². The maximum atomic E-state index is 13.0. The van der Waals surface area contributed by atoms with E-state index >= 15 is 0 Å². The van der Waals surface area contributed by atoms with E-state index in [0.717, 1.165) is 38.5 Å². The monoisotopic (exact) mass is 1350 g/mol. The molecule has 0 saturated heterocycles. The summed E-state index contributed by atoms with van der Waals surface area (Å²) in [6, 6.07) is 0. The van der Waals surface area contributed by atoms with Gasteiger partial charge in [0.05, 0.1) is 34.4 Å². The summed E-state index contributed by atoms with van der Waals surface area (Å²) in [5.74, 6) is -1.96. The van der Waals surface area contributed by atoms with Crippen molar-refractivity contribution in [3.05, 3.63) is 0 Å². The Hall–Kier alpha value is -1.71. The van der Waals surface area contributed by atoms with Crippen LogP contribution in [0.2, 0.25) is 0 Å². The van der Waals surface area contributed by atoms with Crippen LogP contribution < -0.4 is 0 Å². The minimum atomic E-state index is -1.51. The van der Waals surface area contributed by atoms with Gasteiger partial charge in [-0.3, -0.25) is 9.59 Å². The molecule has 0 heterocycles. The van der Waals surface area contributed by atoms with E-state index in [2.05, 4.69) is 13.8 Å². The number of likely N-dealkylation sites (N-methyl/N-ethyl adjacent to an activating group) is 1. The summed E-state index contributed by atoms with van der Waals surface area (Å²) in [4.78, 5) is 37.8. The highest BCUT2D eigenvalue weighted by molar-refractivity contribution is 5.71. The smallest absolute Gasteiger partial charge is 0.361 e. The van der Waals surface area contributed by atoms with Crippen LogP contribution in [0, 0.1) is 0 Å². The number of carbonyl (C=O) groups excluding carboxylic acids is 2. The fraction of sp³-hybridized carbons (Fsp3) is 0.965. The van der Waals surface area contributed by atoms with Gasteiger partial charge in [0.1, 0.15) is 13.2 Å². The number of esters is 2. The third-order valence-corrected chi connectivity index (χ3v) is 20.4. The standard InChI is InChI=1S/C86H169NO8/c1-6-8-10-12-14-16-18-20-22-24-26-28-30-32-34-36-38-40-42-43-45-47-49-51-53-55-57-59-61-63-65-67-69-71-73-75-77-84(89)95-82(81-94-86(85(90)91)92-79-78-87(3,4)5)80-93-83(88)76-74-72-70-68-66-64-62-60-58-56-54-52-50-48-46-44-41-39-37-35-33-31-29-27-25-23-21-19-17-15-13-11-9-7-2/h82,86H,6-81H2,1-5H3/p+1. The van der Waals surface area contributed by atoms with Crippen molar-refractivity contribution in [1.29, 1.82) is 0 Å². The Morgan fingerprint density at radius 1 is 0.274 bits per heavy atom. The lowest BCUT2D eigenvalue weighted by molar-refractivity contribution is -0.870. The molecule has 2 unspecified atom stereocenters. The molecule has 0 spiro atoms. The highest BCUT2D eigenvalue weighted by Crippen LogP contribution is 2.21. The van der Waals surface area contributed by atoms with Gasteiger partial charge >= 0.3 is 17.9 Å². The van der Waals surface area contributed by atoms with E-state index in [4.69, 9.17) is 18.9 Å². The fourth-order valence-electron chi connectivity index (χ4n) is 13.8. The summed E-state index contributed by atoms with van der Waals surface area (Å²) in [5.41, 5.74) is 0. The Kier molecular flexibility index (Phi) is 76.6. The van der Waals surface area contributed by atoms with Crippen LogP contribution in [0.5, 0.6) is 0 Å². The molecule has 0 aliphatic heterocycles. The van der Waals surface area contributed by atoms with Gasteiger partial charge < -0.3 is 28.5 Å². The Labute approximate surface area is 593 Å². The quantitative estimate of drug-likeness (QED) is 0.0278. The van der Waals surface area contributed by atoms with Gasteiger partial charge in [-0.2, -0.15) is 0 Å². The number of rotatable bonds is 83. The molecule has 1 N–H and O–H groups in total. The molecule has 0 fully saturated rings. The number of carbonyl (C=O) groups is 3. The van der Waals surface area contributed by atoms with Crippen molar-refractivity contribution in [2.45, 2.75) is 489 Å². The lowest BCUT2D eigenvalue weighted by Crippen LogP contribution is -2.40. The SMILES string of the molecule is CCCCCCCCCCCCCCCCCCCCCCCCCCCCCCCCCCCCCCC(=O)OC(COC(=O)CCCCCCCCCCCCCCCCCCCCCCCCCCCCCCCCCCCC)COC(OCC[N+](C)(C)C)C(=O)O. The van der Waals surface area contributed by atoms with Crippen LogP contribution in [0.4, 0.5) is 0 Å². The van der Waals surface area contributed by atoms with Gasteiger partial charge in [-0.1, -0.05) is 450 Å². The zero-order valence-electron chi connectivity index (χ0n) is 65.1. The van der Waals surface area contributed by atoms with Crippen LogP contribution in [-0.4, -0.2) is 87.4 Å². The average molecular weight is 1350 g/mol. The molecule has 2 atom stereocenters. The second-order valence-corrected chi connectivity index (χ2v) is 31.2. The second kappa shape index (κ2) is 78.0. The lowest BCUT2D eigenvalue weighted by atomic mass is 10.0. The largest absolute Gasteiger partial charge is 0.477 e. The third-order valence-electron chi connectivity index (χ3n) is 20.4. The number of hydrogen-bond acceptors (Lipinski definition) is 7. The molecular formula is C86H170NO8+. The van der Waals surface area contributed by atoms with E-state index in [1.54, 1.807) is 0 Å². The van der Waals surface area contributed by atoms with E-state index in [-0.39, 0.29) is 38.2 Å². The summed E-state index contributed by atoms with van der Waals surface area (Å²) >= 11 is 0. The summed E-state index contributed by atoms with van der Waals surface area (Å²) < 4.78 is 23.1. The number of ether oxygens (including phenoxy) is 4. The highest BCUT2D eigenvalue weighted by atomic mass is 16.7. The normalized spacial score (nSPS) is 12.5. The van der Waals surface area contributed by atoms with Crippen LogP contribution in [0.3, 0.4) is 0 Å². The molecule has 0 amide bonds. The number of nitrogens with zero attached hydrogens (tertiary/aromatic N) is 1. The molecule has 95 heavy (non-hydrogen) atoms. The molecule has 0 bridgehead atoms. The molecule has 0 aliphatic rings. The summed E-state index contributed by atoms with van der Waals surface area (Å²) in [6.45, 7) is 4.99. The van der Waals surface area contributed by atoms with E-state index in [1.807, 2.05) is 21.1 Å². The van der Waals surface area contributed by atoms with Crippen molar-refractivity contribution < 1.29 is 42.9 Å². The molecule has 0 aliphatic carbocycles. The van der Waals surface area contributed by atoms with Gasteiger partial charge in [0.15, 0.2) is 6.10 Å². The van der Waals surface area contributed by atoms with Crippen LogP contribution in [0.25, 0.3) is 0 Å². The van der Waals surface area contributed by atoms with Crippen LogP contribution in [0.1, 0.15) is 476 Å². The Bertz CT molecular complexity index is 1520. The van der Waals surface area contributed by atoms with Gasteiger partial charge in [0, 0.05) is 12.8 Å². The first-order valence-electron chi connectivity index (χ1n) is 43.2. The Morgan fingerprint density at radius 2 is 0.474 bits per heavy atom. The Balaban J connectivity index is 3.90. The molecule has 0 aromatic heterocycles. The van der Waals surface area contributed by atoms with Crippen LogP contribution in [0.15, 0.2) is 0 Å². The first-order valence-corrected chi connectivity index (χ1v) is 43.2. The molecule has 0 saturated carbocycles. The summed E-state index contributed by atoms with van der Waals surface area (Å²) in [6.07, 6.45) is 94.5. The summed E-state index contributed by atoms with van der Waals surface area (Å²) in [7, 11) is 6.01. The predicted octanol–water partition coefficient (Wildman–Crippen LogP) is 27.7. The zero-order valence-corrected chi connectivity index (χ0v) is 65.1. The number of quaternary nitrogens is 1. The number of unbranched alkanes of at least 4 members (excludes halogenated alkanes) is 68. The highest BCUT2D eigenvalue weighted by Gasteiger charge is 2.25. The van der Waals surface area contributed by atoms with E-state index in [9.17, 15) is 19.5 Å². The fourth-order valence-corrected chi connectivity index (χ4v) is 13.8. The molecular weight excluding hydrogens is 1170 g/mol. The van der Waals surface area contributed by atoms with Crippen molar-refractivity contribution in [2.75, 3.05) is 47.5 Å². The molecule has 0 rings (SSSR count). The van der Waals surface area contributed by atoms with Crippen molar-refractivity contribution >= 4 is 17.9 Å². The average Bonchev–Trinajstić information content (AvgIpc) is 3.58. The zero-order chi connectivity index (χ0) is 69.0. The van der Waals surface area contributed by atoms with Gasteiger partial charge in [-0.25, -0.2) is 4.79 Å². The second-order valence-electron chi connectivity index (χ2n) is 31.2. The number of aliphatic carboxylic acids is 1. The van der Waals surface area contributed by atoms with E-state index in [0.29, 0.717) is 17.4 Å². The predicted molar refractivity (Wildman–Crippen MR) is 411 cm³/mol. The molecule has 0 aromatic rings. The van der Waals surface area contributed by atoms with Crippen molar-refractivity contribution in [3.8, 4) is 0 Å². The number of hydrogen-bond donors (Lipinski definition) is 1. The molecule has 0 radical (unpaired) electrons. The lowest BCUT2D eigenvalue weighted by Gasteiger charge is -2.25. The van der Waals surface area contributed by atoms with Gasteiger partial charge in [0.2, 0.25) is 0 Å². The molecule has 0 aromatic carbocycles.